The molecular formula is C20H27NO6. The zero-order valence-electron chi connectivity index (χ0n) is 16.6. The summed E-state index contributed by atoms with van der Waals surface area (Å²) in [6, 6.07) is 5.86. The van der Waals surface area contributed by atoms with E-state index in [1.165, 1.54) is 0 Å². The number of hydrogen-bond acceptors (Lipinski definition) is 6. The molecule has 3 aliphatic heterocycles. The highest BCUT2D eigenvalue weighted by molar-refractivity contribution is 5.95. The van der Waals surface area contributed by atoms with E-state index < -0.39 is 42.3 Å². The number of ether oxygens (including phenoxy) is 5. The van der Waals surface area contributed by atoms with Crippen LogP contribution in [-0.2, 0) is 28.5 Å². The predicted molar refractivity (Wildman–Crippen MR) is 97.1 cm³/mol. The summed E-state index contributed by atoms with van der Waals surface area (Å²) >= 11 is 0. The van der Waals surface area contributed by atoms with Crippen molar-refractivity contribution in [1.82, 2.24) is 0 Å². The number of nitrogens with one attached hydrogen (secondary N) is 1. The largest absolute Gasteiger partial charge is 0.342 e. The summed E-state index contributed by atoms with van der Waals surface area (Å²) < 4.78 is 29.8. The second kappa shape index (κ2) is 6.25. The summed E-state index contributed by atoms with van der Waals surface area (Å²) in [6.07, 6.45) is -3.03. The van der Waals surface area contributed by atoms with Crippen LogP contribution in [0.15, 0.2) is 18.2 Å². The molecule has 1 aromatic rings. The van der Waals surface area contributed by atoms with Crippen LogP contribution in [0.25, 0.3) is 0 Å². The van der Waals surface area contributed by atoms with Gasteiger partial charge in [0.1, 0.15) is 18.3 Å². The van der Waals surface area contributed by atoms with Crippen molar-refractivity contribution in [2.45, 2.75) is 83.8 Å². The van der Waals surface area contributed by atoms with Gasteiger partial charge >= 0.3 is 0 Å². The van der Waals surface area contributed by atoms with Crippen molar-refractivity contribution >= 4 is 11.6 Å². The molecule has 5 atom stereocenters. The van der Waals surface area contributed by atoms with Crippen LogP contribution in [0.4, 0.5) is 5.69 Å². The Bertz CT molecular complexity index is 761. The molecule has 3 heterocycles. The molecule has 1 amide bonds. The molecule has 4 rings (SSSR count). The minimum absolute atomic E-state index is 0.287. The third-order valence-corrected chi connectivity index (χ3v) is 5.05. The summed E-state index contributed by atoms with van der Waals surface area (Å²) in [5.41, 5.74) is 2.87. The SMILES string of the molecule is Cc1ccc(NC(=O)[C@@H]2O[C@@H]3OC(C)(C)O[C@@H]3[C@H]3OC(C)(C)O[C@@H]32)c(C)c1. The molecule has 148 valence electrons. The summed E-state index contributed by atoms with van der Waals surface area (Å²) in [7, 11) is 0. The smallest absolute Gasteiger partial charge is 0.256 e. The Morgan fingerprint density at radius 2 is 1.56 bits per heavy atom. The molecule has 0 aliphatic carbocycles. The number of aryl methyl sites for hydroxylation is 2. The Morgan fingerprint density at radius 1 is 0.926 bits per heavy atom. The summed E-state index contributed by atoms with van der Waals surface area (Å²) in [6.45, 7) is 11.2. The van der Waals surface area contributed by atoms with E-state index in [1.54, 1.807) is 0 Å². The lowest BCUT2D eigenvalue weighted by Crippen LogP contribution is -2.58. The average Bonchev–Trinajstić information content (AvgIpc) is 3.03. The number of benzene rings is 1. The molecule has 27 heavy (non-hydrogen) atoms. The third-order valence-electron chi connectivity index (χ3n) is 5.05. The van der Waals surface area contributed by atoms with Gasteiger partial charge in [-0.3, -0.25) is 4.79 Å². The van der Waals surface area contributed by atoms with E-state index in [9.17, 15) is 4.79 Å². The maximum atomic E-state index is 13.0. The quantitative estimate of drug-likeness (QED) is 0.854. The molecular weight excluding hydrogens is 350 g/mol. The number of anilines is 1. The van der Waals surface area contributed by atoms with Crippen molar-refractivity contribution < 1.29 is 28.5 Å². The van der Waals surface area contributed by atoms with Crippen LogP contribution >= 0.6 is 0 Å². The predicted octanol–water partition coefficient (Wildman–Crippen LogP) is 2.64. The van der Waals surface area contributed by atoms with E-state index in [0.29, 0.717) is 0 Å². The molecule has 0 saturated carbocycles. The highest BCUT2D eigenvalue weighted by atomic mass is 16.9. The first-order chi connectivity index (χ1) is 12.5. The Balaban J connectivity index is 1.59. The molecule has 0 aromatic heterocycles. The van der Waals surface area contributed by atoms with Gasteiger partial charge in [-0.05, 0) is 53.2 Å². The minimum Gasteiger partial charge on any atom is -0.342 e. The second-order valence-electron chi connectivity index (χ2n) is 8.40. The highest BCUT2D eigenvalue weighted by Gasteiger charge is 2.62. The number of carbonyl (C=O) groups excluding carboxylic acids is 1. The Hall–Kier alpha value is -1.51. The molecule has 1 aromatic carbocycles. The highest BCUT2D eigenvalue weighted by Crippen LogP contribution is 2.44. The van der Waals surface area contributed by atoms with E-state index in [-0.39, 0.29) is 5.91 Å². The number of rotatable bonds is 2. The second-order valence-corrected chi connectivity index (χ2v) is 8.40. The zero-order valence-corrected chi connectivity index (χ0v) is 16.6. The fraction of sp³-hybridized carbons (Fsp3) is 0.650. The van der Waals surface area contributed by atoms with E-state index in [4.69, 9.17) is 23.7 Å². The number of fused-ring (bicyclic) bond motifs is 3. The summed E-state index contributed by atoms with van der Waals surface area (Å²) in [4.78, 5) is 13.0. The first-order valence-corrected chi connectivity index (χ1v) is 9.29. The summed E-state index contributed by atoms with van der Waals surface area (Å²) in [5, 5.41) is 2.95. The fourth-order valence-electron chi connectivity index (χ4n) is 3.98. The maximum absolute atomic E-state index is 13.0. The molecule has 7 nitrogen and oxygen atoms in total. The van der Waals surface area contributed by atoms with Gasteiger partial charge in [-0.1, -0.05) is 17.7 Å². The van der Waals surface area contributed by atoms with Crippen molar-refractivity contribution in [3.05, 3.63) is 29.3 Å². The molecule has 3 aliphatic rings. The monoisotopic (exact) mass is 377 g/mol. The van der Waals surface area contributed by atoms with Gasteiger partial charge < -0.3 is 29.0 Å². The number of hydrogen-bond donors (Lipinski definition) is 1. The van der Waals surface area contributed by atoms with Gasteiger partial charge in [0.05, 0.1) is 0 Å². The maximum Gasteiger partial charge on any atom is 0.256 e. The van der Waals surface area contributed by atoms with Gasteiger partial charge in [-0.25, -0.2) is 0 Å². The number of carbonyl (C=O) groups is 1. The average molecular weight is 377 g/mol. The normalized spacial score (nSPS) is 36.1. The van der Waals surface area contributed by atoms with Crippen LogP contribution in [0.3, 0.4) is 0 Å². The first kappa shape index (κ1) is 18.8. The van der Waals surface area contributed by atoms with Crippen LogP contribution in [0.2, 0.25) is 0 Å². The fourth-order valence-corrected chi connectivity index (χ4v) is 3.98. The van der Waals surface area contributed by atoms with Gasteiger partial charge in [0, 0.05) is 5.69 Å². The van der Waals surface area contributed by atoms with Gasteiger partial charge in [-0.2, -0.15) is 0 Å². The molecule has 0 bridgehead atoms. The minimum atomic E-state index is -0.865. The van der Waals surface area contributed by atoms with Crippen LogP contribution in [0.5, 0.6) is 0 Å². The molecule has 7 heteroatoms. The van der Waals surface area contributed by atoms with Crippen molar-refractivity contribution in [2.75, 3.05) is 5.32 Å². The molecule has 0 unspecified atom stereocenters. The lowest BCUT2D eigenvalue weighted by molar-refractivity contribution is -0.229. The number of amides is 1. The first-order valence-electron chi connectivity index (χ1n) is 9.29. The van der Waals surface area contributed by atoms with Crippen LogP contribution in [0, 0.1) is 13.8 Å². The van der Waals surface area contributed by atoms with Crippen LogP contribution in [0.1, 0.15) is 38.8 Å². The molecule has 3 saturated heterocycles. The van der Waals surface area contributed by atoms with Gasteiger partial charge in [0.25, 0.3) is 5.91 Å². The topological polar surface area (TPSA) is 75.3 Å². The summed E-state index contributed by atoms with van der Waals surface area (Å²) in [5.74, 6) is -1.93. The van der Waals surface area contributed by atoms with E-state index in [1.807, 2.05) is 59.7 Å². The molecule has 3 fully saturated rings. The van der Waals surface area contributed by atoms with Gasteiger partial charge in [0.15, 0.2) is 24.0 Å². The van der Waals surface area contributed by atoms with Crippen LogP contribution < -0.4 is 5.32 Å². The molecule has 0 spiro atoms. The van der Waals surface area contributed by atoms with Gasteiger partial charge in [-0.15, -0.1) is 0 Å². The van der Waals surface area contributed by atoms with Crippen molar-refractivity contribution in [1.29, 1.82) is 0 Å². The van der Waals surface area contributed by atoms with Crippen molar-refractivity contribution in [3.8, 4) is 0 Å². The zero-order chi connectivity index (χ0) is 19.6. The Kier molecular flexibility index (Phi) is 4.36. The van der Waals surface area contributed by atoms with E-state index >= 15 is 0 Å². The van der Waals surface area contributed by atoms with E-state index in [0.717, 1.165) is 16.8 Å². The van der Waals surface area contributed by atoms with Crippen LogP contribution in [-0.4, -0.2) is 48.2 Å². The van der Waals surface area contributed by atoms with E-state index in [2.05, 4.69) is 5.32 Å². The molecule has 1 N–H and O–H groups in total. The van der Waals surface area contributed by atoms with Crippen molar-refractivity contribution in [3.63, 3.8) is 0 Å². The van der Waals surface area contributed by atoms with Gasteiger partial charge in [0.2, 0.25) is 0 Å². The lowest BCUT2D eigenvalue weighted by Gasteiger charge is -2.36. The Morgan fingerprint density at radius 3 is 2.26 bits per heavy atom. The standard InChI is InChI=1S/C20H27NO6/c1-10-7-8-12(11(2)9-10)21-17(22)15-13-14(25-19(3,4)24-13)16-18(23-15)27-20(5,6)26-16/h7-9,13-16,18H,1-6H3,(H,21,22)/t13-,14-,15+,16+,18+/m0/s1. The molecule has 0 radical (unpaired) electrons. The lowest BCUT2D eigenvalue weighted by atomic mass is 9.98. The van der Waals surface area contributed by atoms with Crippen molar-refractivity contribution in [2.24, 2.45) is 0 Å². The third kappa shape index (κ3) is 3.50. The Labute approximate surface area is 159 Å².